The zero-order chi connectivity index (χ0) is 24.3. The summed E-state index contributed by atoms with van der Waals surface area (Å²) in [6.45, 7) is 7.00. The van der Waals surface area contributed by atoms with Crippen LogP contribution in [0.4, 0.5) is 0 Å². The lowest BCUT2D eigenvalue weighted by Crippen LogP contribution is -2.80. The van der Waals surface area contributed by atoms with E-state index in [1.54, 1.807) is 7.11 Å². The highest BCUT2D eigenvalue weighted by Gasteiger charge is 2.78. The predicted molar refractivity (Wildman–Crippen MR) is 135 cm³/mol. The number of carbonyl (C=O) groups excluding carboxylic acids is 1. The van der Waals surface area contributed by atoms with Gasteiger partial charge in [0.05, 0.1) is 18.1 Å². The molecule has 186 valence electrons. The molecule has 1 spiro atoms. The number of carbonyl (C=O) groups is 1. The highest BCUT2D eigenvalue weighted by atomic mass is 16.5. The van der Waals surface area contributed by atoms with Crippen LogP contribution < -0.4 is 9.47 Å². The Morgan fingerprint density at radius 1 is 1.14 bits per heavy atom. The molecule has 1 unspecified atom stereocenters. The Labute approximate surface area is 208 Å². The number of methoxy groups -OCH3 is 1. The Morgan fingerprint density at radius 2 is 1.97 bits per heavy atom. The fourth-order valence-electron chi connectivity index (χ4n) is 8.01. The van der Waals surface area contributed by atoms with Gasteiger partial charge in [0, 0.05) is 24.6 Å². The van der Waals surface area contributed by atoms with Crippen molar-refractivity contribution in [2.75, 3.05) is 26.8 Å². The van der Waals surface area contributed by atoms with E-state index >= 15 is 0 Å². The number of hydrogen-bond acceptors (Lipinski definition) is 5. The van der Waals surface area contributed by atoms with Gasteiger partial charge in [-0.3, -0.25) is 9.69 Å². The largest absolute Gasteiger partial charge is 0.493 e. The van der Waals surface area contributed by atoms with Gasteiger partial charge in [0.25, 0.3) is 0 Å². The second kappa shape index (κ2) is 8.35. The number of ketones is 1. The van der Waals surface area contributed by atoms with Crippen LogP contribution >= 0.6 is 0 Å². The van der Waals surface area contributed by atoms with Gasteiger partial charge in [-0.25, -0.2) is 0 Å². The molecule has 4 aliphatic rings. The molecule has 0 radical (unpaired) electrons. The average molecular weight is 476 g/mol. The standard InChI is InChI=1S/C30H37NO4/c1-4-17-31-18-16-29-26-22-12-13-23(33-3)27(26)35-28(29,2)25(32)14-15-30(29,24(31)20-22)34-19-8-11-21-9-6-5-7-10-21/h5-7,9-10,12-13,24H,4,8,11,14-20H2,1-3H3/t24-,28?,29+,30-/m1/s1. The second-order valence-corrected chi connectivity index (χ2v) is 10.9. The Kier molecular flexibility index (Phi) is 5.50. The fourth-order valence-corrected chi connectivity index (χ4v) is 8.01. The van der Waals surface area contributed by atoms with Gasteiger partial charge in [0.1, 0.15) is 0 Å². The molecule has 6 rings (SSSR count). The zero-order valence-corrected chi connectivity index (χ0v) is 21.3. The van der Waals surface area contributed by atoms with Gasteiger partial charge in [0.2, 0.25) is 0 Å². The zero-order valence-electron chi connectivity index (χ0n) is 21.3. The number of piperidine rings is 1. The molecule has 1 saturated heterocycles. The molecule has 2 aromatic rings. The quantitative estimate of drug-likeness (QED) is 0.510. The van der Waals surface area contributed by atoms with Gasteiger partial charge < -0.3 is 14.2 Å². The topological polar surface area (TPSA) is 48.0 Å². The molecule has 35 heavy (non-hydrogen) atoms. The van der Waals surface area contributed by atoms with E-state index in [9.17, 15) is 4.79 Å². The molecule has 2 heterocycles. The maximum Gasteiger partial charge on any atom is 0.177 e. The predicted octanol–water partition coefficient (Wildman–Crippen LogP) is 4.88. The fraction of sp³-hybridized carbons (Fsp3) is 0.567. The van der Waals surface area contributed by atoms with E-state index in [2.05, 4.69) is 48.2 Å². The van der Waals surface area contributed by atoms with E-state index in [0.717, 1.165) is 63.1 Å². The van der Waals surface area contributed by atoms with E-state index in [1.807, 2.05) is 13.0 Å². The first-order chi connectivity index (χ1) is 17.0. The SMILES string of the molecule is CCCN1CC[C@]23c4c5ccc(OC)c4OC2(C)C(=O)CC[C@@]3(OCCCc2ccccc2)[C@H]1C5. The van der Waals surface area contributed by atoms with E-state index in [4.69, 9.17) is 14.2 Å². The second-order valence-electron chi connectivity index (χ2n) is 10.9. The van der Waals surface area contributed by atoms with Crippen molar-refractivity contribution in [3.8, 4) is 11.5 Å². The van der Waals surface area contributed by atoms with Crippen LogP contribution in [0.3, 0.4) is 0 Å². The van der Waals surface area contributed by atoms with Crippen LogP contribution in [-0.4, -0.2) is 54.7 Å². The van der Waals surface area contributed by atoms with Crippen molar-refractivity contribution in [2.45, 2.75) is 81.5 Å². The molecule has 5 nitrogen and oxygen atoms in total. The molecule has 0 aromatic heterocycles. The minimum absolute atomic E-state index is 0.204. The van der Waals surface area contributed by atoms with Crippen molar-refractivity contribution in [1.29, 1.82) is 0 Å². The maximum atomic E-state index is 13.7. The van der Waals surface area contributed by atoms with Crippen LogP contribution in [0.5, 0.6) is 11.5 Å². The lowest BCUT2D eigenvalue weighted by Gasteiger charge is -2.66. The van der Waals surface area contributed by atoms with Crippen molar-refractivity contribution < 1.29 is 19.0 Å². The summed E-state index contributed by atoms with van der Waals surface area (Å²) in [6, 6.07) is 15.1. The number of aryl methyl sites for hydroxylation is 1. The van der Waals surface area contributed by atoms with Crippen LogP contribution in [0, 0.1) is 0 Å². The maximum absolute atomic E-state index is 13.7. The normalized spacial score (nSPS) is 32.8. The summed E-state index contributed by atoms with van der Waals surface area (Å²) in [5.41, 5.74) is 2.00. The smallest absolute Gasteiger partial charge is 0.177 e. The van der Waals surface area contributed by atoms with Crippen molar-refractivity contribution in [2.24, 2.45) is 0 Å². The molecular weight excluding hydrogens is 438 g/mol. The summed E-state index contributed by atoms with van der Waals surface area (Å²) in [5.74, 6) is 1.71. The summed E-state index contributed by atoms with van der Waals surface area (Å²) in [5, 5.41) is 0. The number of hydrogen-bond donors (Lipinski definition) is 0. The van der Waals surface area contributed by atoms with E-state index < -0.39 is 16.6 Å². The highest BCUT2D eigenvalue weighted by molar-refractivity contribution is 5.94. The molecule has 2 aliphatic carbocycles. The number of likely N-dealkylation sites (tertiary alicyclic amines) is 1. The minimum atomic E-state index is -0.923. The van der Waals surface area contributed by atoms with Crippen LogP contribution in [-0.2, 0) is 27.8 Å². The van der Waals surface area contributed by atoms with Crippen molar-refractivity contribution in [1.82, 2.24) is 4.90 Å². The molecule has 2 bridgehead atoms. The summed E-state index contributed by atoms with van der Waals surface area (Å²) >= 11 is 0. The monoisotopic (exact) mass is 475 g/mol. The molecule has 0 amide bonds. The highest BCUT2D eigenvalue weighted by Crippen LogP contribution is 2.69. The first-order valence-electron chi connectivity index (χ1n) is 13.4. The van der Waals surface area contributed by atoms with Crippen molar-refractivity contribution >= 4 is 5.78 Å². The van der Waals surface area contributed by atoms with E-state index in [1.165, 1.54) is 16.7 Å². The summed E-state index contributed by atoms with van der Waals surface area (Å²) in [7, 11) is 1.69. The molecule has 5 heteroatoms. The lowest BCUT2D eigenvalue weighted by atomic mass is 9.45. The van der Waals surface area contributed by atoms with Crippen LogP contribution in [0.1, 0.15) is 62.6 Å². The molecule has 2 fully saturated rings. The van der Waals surface area contributed by atoms with Gasteiger partial charge in [-0.15, -0.1) is 0 Å². The molecular formula is C30H37NO4. The number of rotatable bonds is 8. The lowest BCUT2D eigenvalue weighted by molar-refractivity contribution is -0.231. The van der Waals surface area contributed by atoms with Crippen molar-refractivity contribution in [3.05, 3.63) is 59.2 Å². The molecule has 4 atom stereocenters. The molecule has 1 saturated carbocycles. The van der Waals surface area contributed by atoms with Gasteiger partial charge >= 0.3 is 0 Å². The van der Waals surface area contributed by atoms with E-state index in [-0.39, 0.29) is 11.8 Å². The third-order valence-electron chi connectivity index (χ3n) is 9.44. The number of benzene rings is 2. The first-order valence-corrected chi connectivity index (χ1v) is 13.4. The molecule has 2 aliphatic heterocycles. The van der Waals surface area contributed by atoms with Gasteiger partial charge in [-0.2, -0.15) is 0 Å². The van der Waals surface area contributed by atoms with Gasteiger partial charge in [-0.1, -0.05) is 43.3 Å². The third-order valence-corrected chi connectivity index (χ3v) is 9.44. The summed E-state index contributed by atoms with van der Waals surface area (Å²) < 4.78 is 19.6. The minimum Gasteiger partial charge on any atom is -0.493 e. The van der Waals surface area contributed by atoms with Gasteiger partial charge in [-0.05, 0) is 75.7 Å². The van der Waals surface area contributed by atoms with Crippen LogP contribution in [0.25, 0.3) is 0 Å². The molecule has 2 aromatic carbocycles. The van der Waals surface area contributed by atoms with Crippen molar-refractivity contribution in [3.63, 3.8) is 0 Å². The summed E-state index contributed by atoms with van der Waals surface area (Å²) in [6.07, 6.45) is 6.14. The third kappa shape index (κ3) is 2.97. The first kappa shape index (κ1) is 23.1. The Morgan fingerprint density at radius 3 is 2.74 bits per heavy atom. The van der Waals surface area contributed by atoms with E-state index in [0.29, 0.717) is 13.0 Å². The van der Waals surface area contributed by atoms with Gasteiger partial charge in [0.15, 0.2) is 22.9 Å². The number of Topliss-reactive ketones (excluding diaryl/α,β-unsaturated/α-hetero) is 1. The Balaban J connectivity index is 1.45. The number of ether oxygens (including phenoxy) is 3. The molecule has 0 N–H and O–H groups in total. The Bertz CT molecular complexity index is 1130. The average Bonchev–Trinajstić information content (AvgIpc) is 3.15. The number of nitrogens with zero attached hydrogens (tertiary/aromatic N) is 1. The van der Waals surface area contributed by atoms with Crippen LogP contribution in [0.2, 0.25) is 0 Å². The Hall–Kier alpha value is -2.37. The van der Waals surface area contributed by atoms with Crippen LogP contribution in [0.15, 0.2) is 42.5 Å². The summed E-state index contributed by atoms with van der Waals surface area (Å²) in [4.78, 5) is 16.3.